The van der Waals surface area contributed by atoms with Crippen molar-refractivity contribution in [2.45, 2.75) is 38.3 Å². The van der Waals surface area contributed by atoms with E-state index in [9.17, 15) is 0 Å². The Morgan fingerprint density at radius 1 is 1.33 bits per heavy atom. The van der Waals surface area contributed by atoms with E-state index >= 15 is 0 Å². The van der Waals surface area contributed by atoms with E-state index in [-0.39, 0.29) is 0 Å². The zero-order valence-corrected chi connectivity index (χ0v) is 10.0. The van der Waals surface area contributed by atoms with Gasteiger partial charge in [0.25, 0.3) is 0 Å². The summed E-state index contributed by atoms with van der Waals surface area (Å²) >= 11 is 0. The van der Waals surface area contributed by atoms with Crippen molar-refractivity contribution < 1.29 is 4.74 Å². The first-order chi connectivity index (χ1) is 7.31. The van der Waals surface area contributed by atoms with Crippen LogP contribution in [-0.2, 0) is 4.74 Å². The van der Waals surface area contributed by atoms with Crippen LogP contribution in [0.25, 0.3) is 0 Å². The van der Waals surface area contributed by atoms with Crippen molar-refractivity contribution in [3.63, 3.8) is 0 Å². The normalized spacial score (nSPS) is 31.4. The van der Waals surface area contributed by atoms with Gasteiger partial charge in [-0.15, -0.1) is 0 Å². The molecule has 2 rings (SSSR count). The highest BCUT2D eigenvalue weighted by atomic mass is 16.5. The standard InChI is InChI=1S/C12H24N2O/c1-10-5-6-13-12(10)9-14(7-8-15-2)11-3-4-11/h10-13H,3-9H2,1-2H3. The third-order valence-electron chi connectivity index (χ3n) is 3.77. The molecule has 88 valence electrons. The summed E-state index contributed by atoms with van der Waals surface area (Å²) in [6.07, 6.45) is 4.13. The summed E-state index contributed by atoms with van der Waals surface area (Å²) in [5, 5.41) is 3.61. The van der Waals surface area contributed by atoms with Gasteiger partial charge in [-0.25, -0.2) is 0 Å². The fourth-order valence-electron chi connectivity index (χ4n) is 2.47. The molecule has 15 heavy (non-hydrogen) atoms. The van der Waals surface area contributed by atoms with Crippen LogP contribution in [0.5, 0.6) is 0 Å². The Morgan fingerprint density at radius 2 is 2.13 bits per heavy atom. The third-order valence-corrected chi connectivity index (χ3v) is 3.77. The molecule has 0 bridgehead atoms. The Bertz CT molecular complexity index is 194. The molecule has 3 heteroatoms. The van der Waals surface area contributed by atoms with Crippen LogP contribution in [0.2, 0.25) is 0 Å². The number of nitrogens with one attached hydrogen (secondary N) is 1. The van der Waals surface area contributed by atoms with Crippen LogP contribution < -0.4 is 5.32 Å². The quantitative estimate of drug-likeness (QED) is 0.713. The van der Waals surface area contributed by atoms with Crippen molar-refractivity contribution >= 4 is 0 Å². The molecule has 0 aromatic rings. The van der Waals surface area contributed by atoms with E-state index in [1.165, 1.54) is 32.4 Å². The molecule has 1 saturated heterocycles. The number of hydrogen-bond donors (Lipinski definition) is 1. The molecule has 1 saturated carbocycles. The Kier molecular flexibility index (Phi) is 4.00. The van der Waals surface area contributed by atoms with Crippen molar-refractivity contribution in [1.29, 1.82) is 0 Å². The number of nitrogens with zero attached hydrogens (tertiary/aromatic N) is 1. The van der Waals surface area contributed by atoms with E-state index in [1.54, 1.807) is 7.11 Å². The second-order valence-electron chi connectivity index (χ2n) is 5.05. The van der Waals surface area contributed by atoms with Crippen LogP contribution in [0.15, 0.2) is 0 Å². The predicted molar refractivity (Wildman–Crippen MR) is 62.0 cm³/mol. The molecule has 0 amide bonds. The first-order valence-electron chi connectivity index (χ1n) is 6.27. The molecule has 3 nitrogen and oxygen atoms in total. The lowest BCUT2D eigenvalue weighted by Gasteiger charge is -2.27. The van der Waals surface area contributed by atoms with Crippen LogP contribution in [0, 0.1) is 5.92 Å². The molecule has 0 radical (unpaired) electrons. The molecular formula is C12H24N2O. The molecular weight excluding hydrogens is 188 g/mol. The van der Waals surface area contributed by atoms with Crippen LogP contribution in [0.3, 0.4) is 0 Å². The number of methoxy groups -OCH3 is 1. The second-order valence-corrected chi connectivity index (χ2v) is 5.05. The highest BCUT2D eigenvalue weighted by molar-refractivity contribution is 4.90. The minimum absolute atomic E-state index is 0.711. The molecule has 0 spiro atoms. The van der Waals surface area contributed by atoms with E-state index in [1.807, 2.05) is 0 Å². The largest absolute Gasteiger partial charge is 0.383 e. The number of rotatable bonds is 6. The topological polar surface area (TPSA) is 24.5 Å². The minimum Gasteiger partial charge on any atom is -0.383 e. The Hall–Kier alpha value is -0.120. The second kappa shape index (κ2) is 5.28. The molecule has 0 aromatic heterocycles. The van der Waals surface area contributed by atoms with Crippen molar-refractivity contribution in [3.8, 4) is 0 Å². The van der Waals surface area contributed by atoms with Gasteiger partial charge >= 0.3 is 0 Å². The lowest BCUT2D eigenvalue weighted by molar-refractivity contribution is 0.134. The summed E-state index contributed by atoms with van der Waals surface area (Å²) in [5.74, 6) is 0.841. The van der Waals surface area contributed by atoms with Crippen molar-refractivity contribution in [2.24, 2.45) is 5.92 Å². The van der Waals surface area contributed by atoms with E-state index in [2.05, 4.69) is 17.1 Å². The third kappa shape index (κ3) is 3.16. The molecule has 2 fully saturated rings. The molecule has 1 heterocycles. The zero-order chi connectivity index (χ0) is 10.7. The highest BCUT2D eigenvalue weighted by Crippen LogP contribution is 2.28. The highest BCUT2D eigenvalue weighted by Gasteiger charge is 2.32. The van der Waals surface area contributed by atoms with Crippen LogP contribution in [0.1, 0.15) is 26.2 Å². The smallest absolute Gasteiger partial charge is 0.0589 e. The first-order valence-corrected chi connectivity index (χ1v) is 6.27. The predicted octanol–water partition coefficient (Wildman–Crippen LogP) is 1.10. The summed E-state index contributed by atoms with van der Waals surface area (Å²) < 4.78 is 5.18. The molecule has 2 unspecified atom stereocenters. The van der Waals surface area contributed by atoms with E-state index in [0.717, 1.165) is 25.1 Å². The Balaban J connectivity index is 1.77. The van der Waals surface area contributed by atoms with E-state index < -0.39 is 0 Å². The van der Waals surface area contributed by atoms with Gasteiger partial charge in [-0.05, 0) is 31.7 Å². The lowest BCUT2D eigenvalue weighted by Crippen LogP contribution is -2.42. The number of hydrogen-bond acceptors (Lipinski definition) is 3. The van der Waals surface area contributed by atoms with Gasteiger partial charge in [0.1, 0.15) is 0 Å². The van der Waals surface area contributed by atoms with Crippen molar-refractivity contribution in [2.75, 3.05) is 33.4 Å². The summed E-state index contributed by atoms with van der Waals surface area (Å²) in [5.41, 5.74) is 0. The molecule has 0 aromatic carbocycles. The Labute approximate surface area is 93.2 Å². The van der Waals surface area contributed by atoms with E-state index in [4.69, 9.17) is 4.74 Å². The summed E-state index contributed by atoms with van der Waals surface area (Å²) in [4.78, 5) is 2.61. The molecule has 1 aliphatic heterocycles. The fraction of sp³-hybridized carbons (Fsp3) is 1.00. The van der Waals surface area contributed by atoms with Gasteiger partial charge in [-0.1, -0.05) is 6.92 Å². The monoisotopic (exact) mass is 212 g/mol. The van der Waals surface area contributed by atoms with E-state index in [0.29, 0.717) is 6.04 Å². The summed E-state index contributed by atoms with van der Waals surface area (Å²) in [6.45, 7) is 6.76. The molecule has 2 aliphatic rings. The average molecular weight is 212 g/mol. The lowest BCUT2D eigenvalue weighted by atomic mass is 10.0. The van der Waals surface area contributed by atoms with Crippen molar-refractivity contribution in [1.82, 2.24) is 10.2 Å². The van der Waals surface area contributed by atoms with Gasteiger partial charge in [-0.2, -0.15) is 0 Å². The minimum atomic E-state index is 0.711. The van der Waals surface area contributed by atoms with Gasteiger partial charge in [0.05, 0.1) is 6.61 Å². The Morgan fingerprint density at radius 3 is 2.67 bits per heavy atom. The maximum atomic E-state index is 5.18. The summed E-state index contributed by atoms with van der Waals surface area (Å²) in [6, 6.07) is 1.57. The van der Waals surface area contributed by atoms with Gasteiger partial charge in [-0.3, -0.25) is 4.90 Å². The zero-order valence-electron chi connectivity index (χ0n) is 10.0. The van der Waals surface area contributed by atoms with Gasteiger partial charge in [0.2, 0.25) is 0 Å². The molecule has 1 aliphatic carbocycles. The SMILES string of the molecule is COCCN(CC1NCCC1C)C1CC1. The van der Waals surface area contributed by atoms with Crippen LogP contribution >= 0.6 is 0 Å². The van der Waals surface area contributed by atoms with Gasteiger partial charge in [0, 0.05) is 32.3 Å². The molecule has 2 atom stereocenters. The maximum Gasteiger partial charge on any atom is 0.0589 e. The van der Waals surface area contributed by atoms with Gasteiger partial charge < -0.3 is 10.1 Å². The molecule has 1 N–H and O–H groups in total. The maximum absolute atomic E-state index is 5.18. The van der Waals surface area contributed by atoms with Crippen LogP contribution in [-0.4, -0.2) is 50.3 Å². The number of ether oxygens (including phenoxy) is 1. The fourth-order valence-corrected chi connectivity index (χ4v) is 2.47. The van der Waals surface area contributed by atoms with Gasteiger partial charge in [0.15, 0.2) is 0 Å². The average Bonchev–Trinajstić information content (AvgIpc) is 2.99. The van der Waals surface area contributed by atoms with Crippen LogP contribution in [0.4, 0.5) is 0 Å². The first kappa shape index (κ1) is 11.4. The summed E-state index contributed by atoms with van der Waals surface area (Å²) in [7, 11) is 1.79. The van der Waals surface area contributed by atoms with Crippen molar-refractivity contribution in [3.05, 3.63) is 0 Å².